The molecular formula is C21H16F2N4O. The van der Waals surface area contributed by atoms with Crippen molar-refractivity contribution in [3.63, 3.8) is 0 Å². The molecule has 0 aromatic heterocycles. The molecule has 0 saturated heterocycles. The monoisotopic (exact) mass is 378 g/mol. The number of anilines is 1. The molecule has 140 valence electrons. The van der Waals surface area contributed by atoms with E-state index in [1.807, 2.05) is 0 Å². The fourth-order valence-corrected chi connectivity index (χ4v) is 2.28. The van der Waals surface area contributed by atoms with E-state index in [9.17, 15) is 13.6 Å². The van der Waals surface area contributed by atoms with Crippen LogP contribution in [0.15, 0.2) is 83.0 Å². The van der Waals surface area contributed by atoms with Crippen LogP contribution in [0.5, 0.6) is 0 Å². The number of nitrogens with zero attached hydrogens (tertiary/aromatic N) is 2. The highest BCUT2D eigenvalue weighted by molar-refractivity contribution is 5.95. The second-order valence-electron chi connectivity index (χ2n) is 5.76. The molecule has 3 rings (SSSR count). The van der Waals surface area contributed by atoms with Crippen LogP contribution in [0.1, 0.15) is 21.5 Å². The van der Waals surface area contributed by atoms with Gasteiger partial charge in [0.25, 0.3) is 5.91 Å². The van der Waals surface area contributed by atoms with E-state index in [0.717, 1.165) is 0 Å². The van der Waals surface area contributed by atoms with E-state index < -0.39 is 5.91 Å². The second kappa shape index (κ2) is 9.18. The van der Waals surface area contributed by atoms with Crippen molar-refractivity contribution in [3.05, 3.63) is 101 Å². The van der Waals surface area contributed by atoms with Gasteiger partial charge in [-0.2, -0.15) is 10.2 Å². The van der Waals surface area contributed by atoms with E-state index in [0.29, 0.717) is 22.4 Å². The summed E-state index contributed by atoms with van der Waals surface area (Å²) in [4.78, 5) is 12.1. The highest BCUT2D eigenvalue weighted by atomic mass is 19.1. The van der Waals surface area contributed by atoms with Crippen LogP contribution in [0.3, 0.4) is 0 Å². The molecule has 0 radical (unpaired) electrons. The lowest BCUT2D eigenvalue weighted by atomic mass is 10.2. The lowest BCUT2D eigenvalue weighted by Gasteiger charge is -2.03. The van der Waals surface area contributed by atoms with Gasteiger partial charge in [-0.25, -0.2) is 14.2 Å². The van der Waals surface area contributed by atoms with Crippen LogP contribution in [0.4, 0.5) is 14.5 Å². The van der Waals surface area contributed by atoms with Gasteiger partial charge in [0.05, 0.1) is 18.1 Å². The fraction of sp³-hybridized carbons (Fsp3) is 0. The molecular weight excluding hydrogens is 362 g/mol. The molecule has 28 heavy (non-hydrogen) atoms. The SMILES string of the molecule is O=C(N/N=C/c1cccc(F)c1)c1ccc(N/N=C/c2cccc(F)c2)cc1. The number of rotatable bonds is 6. The Bertz CT molecular complexity index is 1020. The van der Waals surface area contributed by atoms with Gasteiger partial charge in [0.1, 0.15) is 11.6 Å². The third-order valence-corrected chi connectivity index (χ3v) is 3.63. The van der Waals surface area contributed by atoms with Crippen LogP contribution in [-0.4, -0.2) is 18.3 Å². The number of benzene rings is 3. The molecule has 2 N–H and O–H groups in total. The van der Waals surface area contributed by atoms with Crippen LogP contribution in [0, 0.1) is 11.6 Å². The van der Waals surface area contributed by atoms with E-state index in [2.05, 4.69) is 21.1 Å². The highest BCUT2D eigenvalue weighted by Crippen LogP contribution is 2.10. The summed E-state index contributed by atoms with van der Waals surface area (Å²) < 4.78 is 26.2. The van der Waals surface area contributed by atoms with Gasteiger partial charge in [0, 0.05) is 5.56 Å². The lowest BCUT2D eigenvalue weighted by Crippen LogP contribution is -2.17. The van der Waals surface area contributed by atoms with Crippen LogP contribution in [0.2, 0.25) is 0 Å². The van der Waals surface area contributed by atoms with Crippen molar-refractivity contribution in [1.29, 1.82) is 0 Å². The van der Waals surface area contributed by atoms with Gasteiger partial charge in [-0.05, 0) is 59.7 Å². The second-order valence-corrected chi connectivity index (χ2v) is 5.76. The quantitative estimate of drug-likeness (QED) is 0.499. The molecule has 0 aliphatic rings. The van der Waals surface area contributed by atoms with Gasteiger partial charge >= 0.3 is 0 Å². The van der Waals surface area contributed by atoms with Crippen LogP contribution < -0.4 is 10.9 Å². The van der Waals surface area contributed by atoms with Gasteiger partial charge in [-0.3, -0.25) is 10.2 Å². The Labute approximate surface area is 160 Å². The normalized spacial score (nSPS) is 11.1. The first-order chi connectivity index (χ1) is 13.6. The maximum absolute atomic E-state index is 13.1. The summed E-state index contributed by atoms with van der Waals surface area (Å²) in [5.41, 5.74) is 7.40. The molecule has 3 aromatic carbocycles. The Hall–Kier alpha value is -3.87. The standard InChI is InChI=1S/C21H16F2N4O/c22-18-5-1-3-15(11-18)13-24-26-20-9-7-17(8-10-20)21(28)27-25-14-16-4-2-6-19(23)12-16/h1-14,26H,(H,27,28)/b24-13+,25-14+. The summed E-state index contributed by atoms with van der Waals surface area (Å²) in [6.45, 7) is 0. The van der Waals surface area contributed by atoms with Crippen LogP contribution in [-0.2, 0) is 0 Å². The molecule has 0 unspecified atom stereocenters. The smallest absolute Gasteiger partial charge is 0.271 e. The summed E-state index contributed by atoms with van der Waals surface area (Å²) in [5, 5.41) is 7.83. The van der Waals surface area contributed by atoms with E-state index >= 15 is 0 Å². The summed E-state index contributed by atoms with van der Waals surface area (Å²) in [6.07, 6.45) is 2.85. The minimum atomic E-state index is -0.400. The number of nitrogens with one attached hydrogen (secondary N) is 2. The lowest BCUT2D eigenvalue weighted by molar-refractivity contribution is 0.0955. The van der Waals surface area contributed by atoms with Crippen LogP contribution in [0.25, 0.3) is 0 Å². The zero-order valence-corrected chi connectivity index (χ0v) is 14.6. The Morgan fingerprint density at radius 3 is 1.93 bits per heavy atom. The number of carbonyl (C=O) groups excluding carboxylic acids is 1. The Morgan fingerprint density at radius 2 is 1.36 bits per heavy atom. The fourth-order valence-electron chi connectivity index (χ4n) is 2.28. The number of hydrogen-bond donors (Lipinski definition) is 2. The van der Waals surface area contributed by atoms with Gasteiger partial charge in [0.2, 0.25) is 0 Å². The summed E-state index contributed by atoms with van der Waals surface area (Å²) >= 11 is 0. The molecule has 0 spiro atoms. The molecule has 5 nitrogen and oxygen atoms in total. The average Bonchev–Trinajstić information content (AvgIpc) is 2.69. The Balaban J connectivity index is 1.54. The van der Waals surface area contributed by atoms with Gasteiger partial charge in [-0.15, -0.1) is 0 Å². The van der Waals surface area contributed by atoms with Crippen molar-refractivity contribution >= 4 is 24.0 Å². The topological polar surface area (TPSA) is 65.8 Å². The van der Waals surface area contributed by atoms with E-state index in [1.54, 1.807) is 48.5 Å². The molecule has 0 aliphatic carbocycles. The number of hydrazone groups is 2. The third kappa shape index (κ3) is 5.57. The number of halogens is 2. The predicted molar refractivity (Wildman–Crippen MR) is 106 cm³/mol. The number of carbonyl (C=O) groups is 1. The van der Waals surface area contributed by atoms with E-state index in [-0.39, 0.29) is 11.6 Å². The molecule has 0 atom stereocenters. The molecule has 0 bridgehead atoms. The molecule has 0 fully saturated rings. The van der Waals surface area contributed by atoms with Crippen molar-refractivity contribution in [2.24, 2.45) is 10.2 Å². The molecule has 0 saturated carbocycles. The first-order valence-corrected chi connectivity index (χ1v) is 8.34. The summed E-state index contributed by atoms with van der Waals surface area (Å²) in [7, 11) is 0. The van der Waals surface area contributed by atoms with Crippen molar-refractivity contribution < 1.29 is 13.6 Å². The Kier molecular flexibility index (Phi) is 6.20. The maximum Gasteiger partial charge on any atom is 0.271 e. The van der Waals surface area contributed by atoms with Crippen molar-refractivity contribution in [3.8, 4) is 0 Å². The van der Waals surface area contributed by atoms with Gasteiger partial charge < -0.3 is 0 Å². The zero-order chi connectivity index (χ0) is 19.8. The molecule has 7 heteroatoms. The molecule has 3 aromatic rings. The summed E-state index contributed by atoms with van der Waals surface area (Å²) in [5.74, 6) is -1.11. The van der Waals surface area contributed by atoms with Gasteiger partial charge in [0.15, 0.2) is 0 Å². The minimum absolute atomic E-state index is 0.334. The molecule has 1 amide bonds. The largest absolute Gasteiger partial charge is 0.279 e. The third-order valence-electron chi connectivity index (χ3n) is 3.63. The minimum Gasteiger partial charge on any atom is -0.279 e. The van der Waals surface area contributed by atoms with E-state index in [4.69, 9.17) is 0 Å². The Morgan fingerprint density at radius 1 is 0.786 bits per heavy atom. The van der Waals surface area contributed by atoms with Crippen molar-refractivity contribution in [2.45, 2.75) is 0 Å². The predicted octanol–water partition coefficient (Wildman–Crippen LogP) is 4.17. The van der Waals surface area contributed by atoms with Crippen molar-refractivity contribution in [1.82, 2.24) is 5.43 Å². The first kappa shape index (κ1) is 18.9. The highest BCUT2D eigenvalue weighted by Gasteiger charge is 2.03. The average molecular weight is 378 g/mol. The first-order valence-electron chi connectivity index (χ1n) is 8.34. The number of hydrogen-bond acceptors (Lipinski definition) is 4. The molecule has 0 aliphatic heterocycles. The number of amides is 1. The molecule has 0 heterocycles. The summed E-state index contributed by atoms with van der Waals surface area (Å²) in [6, 6.07) is 18.5. The van der Waals surface area contributed by atoms with E-state index in [1.165, 1.54) is 36.7 Å². The maximum atomic E-state index is 13.1. The van der Waals surface area contributed by atoms with Crippen molar-refractivity contribution in [2.75, 3.05) is 5.43 Å². The zero-order valence-electron chi connectivity index (χ0n) is 14.6. The van der Waals surface area contributed by atoms with Gasteiger partial charge in [-0.1, -0.05) is 24.3 Å². The van der Waals surface area contributed by atoms with Crippen LogP contribution >= 0.6 is 0 Å².